The molecule has 1 aliphatic heterocycles. The van der Waals surface area contributed by atoms with E-state index < -0.39 is 5.54 Å². The van der Waals surface area contributed by atoms with Crippen molar-refractivity contribution in [2.24, 2.45) is 4.99 Å². The summed E-state index contributed by atoms with van der Waals surface area (Å²) >= 11 is 3.46. The van der Waals surface area contributed by atoms with Gasteiger partial charge in [-0.3, -0.25) is 4.79 Å². The number of amides is 1. The first kappa shape index (κ1) is 16.7. The maximum absolute atomic E-state index is 13.1. The molecule has 3 nitrogen and oxygen atoms in total. The second-order valence-corrected chi connectivity index (χ2v) is 7.23. The first-order valence-electron chi connectivity index (χ1n) is 8.44. The molecule has 0 spiro atoms. The van der Waals surface area contributed by atoms with Crippen LogP contribution in [0.3, 0.4) is 0 Å². The van der Waals surface area contributed by atoms with Crippen LogP contribution in [0.4, 0.5) is 0 Å². The summed E-state index contributed by atoms with van der Waals surface area (Å²) in [4.78, 5) is 18.0. The Morgan fingerprint density at radius 2 is 1.46 bits per heavy atom. The molecule has 4 rings (SSSR count). The van der Waals surface area contributed by atoms with Crippen molar-refractivity contribution in [1.29, 1.82) is 0 Å². The van der Waals surface area contributed by atoms with Crippen molar-refractivity contribution < 1.29 is 4.79 Å². The molecule has 26 heavy (non-hydrogen) atoms. The fourth-order valence-corrected chi connectivity index (χ4v) is 3.51. The predicted molar refractivity (Wildman–Crippen MR) is 107 cm³/mol. The van der Waals surface area contributed by atoms with Gasteiger partial charge < -0.3 is 5.32 Å². The van der Waals surface area contributed by atoms with Crippen molar-refractivity contribution in [2.45, 2.75) is 12.0 Å². The standard InChI is InChI=1S/C22H17BrN2O/c23-19-13-11-16(12-14-19)15-22(18-9-5-2-6-10-18)21(26)24-20(25-22)17-7-3-1-4-8-17/h1-14H,15H2,(H,24,25,26). The van der Waals surface area contributed by atoms with E-state index in [9.17, 15) is 4.79 Å². The van der Waals surface area contributed by atoms with Gasteiger partial charge in [-0.25, -0.2) is 4.99 Å². The van der Waals surface area contributed by atoms with Crippen molar-refractivity contribution in [1.82, 2.24) is 5.32 Å². The Morgan fingerprint density at radius 3 is 2.12 bits per heavy atom. The van der Waals surface area contributed by atoms with E-state index in [1.807, 2.05) is 84.9 Å². The van der Waals surface area contributed by atoms with E-state index >= 15 is 0 Å². The molecule has 128 valence electrons. The van der Waals surface area contributed by atoms with E-state index in [1.165, 1.54) is 0 Å². The number of aliphatic imine (C=N–C) groups is 1. The summed E-state index contributed by atoms with van der Waals surface area (Å²) in [5.74, 6) is 0.530. The lowest BCUT2D eigenvalue weighted by molar-refractivity contribution is -0.124. The van der Waals surface area contributed by atoms with Gasteiger partial charge in [0.05, 0.1) is 0 Å². The van der Waals surface area contributed by atoms with E-state index in [2.05, 4.69) is 21.2 Å². The van der Waals surface area contributed by atoms with E-state index in [0.29, 0.717) is 12.3 Å². The Balaban J connectivity index is 1.82. The molecule has 0 aliphatic carbocycles. The van der Waals surface area contributed by atoms with Crippen molar-refractivity contribution in [3.05, 3.63) is 106 Å². The van der Waals surface area contributed by atoms with Crippen LogP contribution in [0.2, 0.25) is 0 Å². The summed E-state index contributed by atoms with van der Waals surface area (Å²) in [5.41, 5.74) is 1.91. The number of carbonyl (C=O) groups excluding carboxylic acids is 1. The Kier molecular flexibility index (Phi) is 4.43. The molecule has 1 N–H and O–H groups in total. The highest BCUT2D eigenvalue weighted by Gasteiger charge is 2.45. The number of halogens is 1. The summed E-state index contributed by atoms with van der Waals surface area (Å²) in [6, 6.07) is 27.6. The topological polar surface area (TPSA) is 41.5 Å². The van der Waals surface area contributed by atoms with Gasteiger partial charge in [-0.1, -0.05) is 88.7 Å². The number of rotatable bonds is 4. The van der Waals surface area contributed by atoms with E-state index in [4.69, 9.17) is 4.99 Å². The second kappa shape index (κ2) is 6.89. The average molecular weight is 405 g/mol. The third-order valence-electron chi connectivity index (χ3n) is 4.58. The number of hydrogen-bond donors (Lipinski definition) is 1. The lowest BCUT2D eigenvalue weighted by Gasteiger charge is -2.24. The summed E-state index contributed by atoms with van der Waals surface area (Å²) in [5, 5.41) is 2.99. The number of benzene rings is 3. The van der Waals surface area contributed by atoms with Gasteiger partial charge in [0, 0.05) is 16.5 Å². The lowest BCUT2D eigenvalue weighted by atomic mass is 9.84. The molecule has 0 aromatic heterocycles. The number of hydrogen-bond acceptors (Lipinski definition) is 2. The summed E-state index contributed by atoms with van der Waals surface area (Å²) in [6.07, 6.45) is 0.506. The van der Waals surface area contributed by atoms with Gasteiger partial charge in [0.15, 0.2) is 5.54 Å². The van der Waals surface area contributed by atoms with Crippen molar-refractivity contribution >= 4 is 27.7 Å². The van der Waals surface area contributed by atoms with Crippen LogP contribution < -0.4 is 5.32 Å². The van der Waals surface area contributed by atoms with Gasteiger partial charge in [0.2, 0.25) is 0 Å². The SMILES string of the molecule is O=C1NC(c2ccccc2)=NC1(Cc1ccc(Br)cc1)c1ccccc1. The molecule has 4 heteroatoms. The van der Waals surface area contributed by atoms with Crippen LogP contribution >= 0.6 is 15.9 Å². The normalized spacial score (nSPS) is 19.1. The zero-order valence-electron chi connectivity index (χ0n) is 14.0. The lowest BCUT2D eigenvalue weighted by Crippen LogP contribution is -2.39. The molecular formula is C22H17BrN2O. The van der Waals surface area contributed by atoms with Crippen LogP contribution in [0.1, 0.15) is 16.7 Å². The van der Waals surface area contributed by atoms with Crippen LogP contribution in [0, 0.1) is 0 Å². The third kappa shape index (κ3) is 3.08. The van der Waals surface area contributed by atoms with Gasteiger partial charge in [0.25, 0.3) is 5.91 Å². The largest absolute Gasteiger partial charge is 0.308 e. The number of amidine groups is 1. The van der Waals surface area contributed by atoms with Gasteiger partial charge >= 0.3 is 0 Å². The highest BCUT2D eigenvalue weighted by atomic mass is 79.9. The highest BCUT2D eigenvalue weighted by Crippen LogP contribution is 2.34. The minimum atomic E-state index is -0.958. The first-order valence-corrected chi connectivity index (χ1v) is 9.23. The Labute approximate surface area is 160 Å². The highest BCUT2D eigenvalue weighted by molar-refractivity contribution is 9.10. The zero-order chi connectivity index (χ0) is 18.0. The molecule has 1 heterocycles. The van der Waals surface area contributed by atoms with Crippen LogP contribution in [-0.4, -0.2) is 11.7 Å². The molecule has 0 saturated carbocycles. The first-order chi connectivity index (χ1) is 12.7. The van der Waals surface area contributed by atoms with E-state index in [1.54, 1.807) is 0 Å². The molecule has 0 fully saturated rings. The van der Waals surface area contributed by atoms with Crippen LogP contribution in [0.25, 0.3) is 0 Å². The molecular weight excluding hydrogens is 388 g/mol. The van der Waals surface area contributed by atoms with Gasteiger partial charge in [0.1, 0.15) is 5.84 Å². The maximum atomic E-state index is 13.1. The monoisotopic (exact) mass is 404 g/mol. The number of carbonyl (C=O) groups is 1. The van der Waals surface area contributed by atoms with E-state index in [0.717, 1.165) is 21.2 Å². The molecule has 1 unspecified atom stereocenters. The van der Waals surface area contributed by atoms with Crippen LogP contribution in [-0.2, 0) is 16.8 Å². The predicted octanol–water partition coefficient (Wildman–Crippen LogP) is 4.46. The molecule has 0 bridgehead atoms. The summed E-state index contributed by atoms with van der Waals surface area (Å²) < 4.78 is 1.01. The van der Waals surface area contributed by atoms with E-state index in [-0.39, 0.29) is 5.91 Å². The minimum Gasteiger partial charge on any atom is -0.308 e. The van der Waals surface area contributed by atoms with Crippen molar-refractivity contribution in [3.8, 4) is 0 Å². The third-order valence-corrected chi connectivity index (χ3v) is 5.11. The van der Waals surface area contributed by atoms with Crippen LogP contribution in [0.15, 0.2) is 94.4 Å². The van der Waals surface area contributed by atoms with Crippen molar-refractivity contribution in [2.75, 3.05) is 0 Å². The molecule has 1 aliphatic rings. The molecule has 1 amide bonds. The Hall–Kier alpha value is -2.72. The smallest absolute Gasteiger partial charge is 0.258 e. The van der Waals surface area contributed by atoms with Crippen LogP contribution in [0.5, 0.6) is 0 Å². The Bertz CT molecular complexity index is 952. The molecule has 0 radical (unpaired) electrons. The fraction of sp³-hybridized carbons (Fsp3) is 0.0909. The summed E-state index contributed by atoms with van der Waals surface area (Å²) in [6.45, 7) is 0. The number of nitrogens with one attached hydrogen (secondary N) is 1. The summed E-state index contributed by atoms with van der Waals surface area (Å²) in [7, 11) is 0. The average Bonchev–Trinajstić information content (AvgIpc) is 3.02. The zero-order valence-corrected chi connectivity index (χ0v) is 15.6. The van der Waals surface area contributed by atoms with Gasteiger partial charge in [-0.15, -0.1) is 0 Å². The second-order valence-electron chi connectivity index (χ2n) is 6.31. The molecule has 1 atom stereocenters. The number of nitrogens with zero attached hydrogens (tertiary/aromatic N) is 1. The van der Waals surface area contributed by atoms with Gasteiger partial charge in [-0.2, -0.15) is 0 Å². The molecule has 3 aromatic carbocycles. The van der Waals surface area contributed by atoms with Gasteiger partial charge in [-0.05, 0) is 23.3 Å². The quantitative estimate of drug-likeness (QED) is 0.684. The van der Waals surface area contributed by atoms with Crippen molar-refractivity contribution in [3.63, 3.8) is 0 Å². The molecule has 0 saturated heterocycles. The Morgan fingerprint density at radius 1 is 0.846 bits per heavy atom. The maximum Gasteiger partial charge on any atom is 0.258 e. The minimum absolute atomic E-state index is 0.0922. The fourth-order valence-electron chi connectivity index (χ4n) is 3.24. The molecule has 3 aromatic rings.